The highest BCUT2D eigenvalue weighted by molar-refractivity contribution is 6.90. The van der Waals surface area contributed by atoms with Gasteiger partial charge in [-0.25, -0.2) is 0 Å². The molecule has 0 aliphatic carbocycles. The Labute approximate surface area is 402 Å². The van der Waals surface area contributed by atoms with E-state index in [-0.39, 0.29) is 23.1 Å². The van der Waals surface area contributed by atoms with Gasteiger partial charge >= 0.3 is 6.85 Å². The van der Waals surface area contributed by atoms with Crippen LogP contribution in [0.5, 0.6) is 0 Å². The number of aromatic nitrogens is 1. The summed E-state index contributed by atoms with van der Waals surface area (Å²) in [7, 11) is 0. The third kappa shape index (κ3) is 6.55. The quantitative estimate of drug-likeness (QED) is 0.160. The molecule has 0 saturated carbocycles. The van der Waals surface area contributed by atoms with Gasteiger partial charge in [0.25, 0.3) is 0 Å². The van der Waals surface area contributed by atoms with E-state index in [0.717, 1.165) is 17.1 Å². The van der Waals surface area contributed by atoms with Crippen molar-refractivity contribution in [3.05, 3.63) is 205 Å². The first-order valence-electron chi connectivity index (χ1n) is 24.4. The molecular weight excluding hydrogens is 822 g/mol. The van der Waals surface area contributed by atoms with Gasteiger partial charge in [-0.1, -0.05) is 165 Å². The largest absolute Gasteiger partial charge is 0.375 e. The molecular formula is C64H58BN3. The van der Waals surface area contributed by atoms with E-state index in [1.165, 1.54) is 99.5 Å². The summed E-state index contributed by atoms with van der Waals surface area (Å²) in [4.78, 5) is 5.06. The molecule has 0 radical (unpaired) electrons. The Morgan fingerprint density at radius 2 is 0.971 bits per heavy atom. The molecule has 0 bridgehead atoms. The maximum absolute atomic E-state index is 2.73. The summed E-state index contributed by atoms with van der Waals surface area (Å²) in [6.07, 6.45) is 0. The van der Waals surface area contributed by atoms with Crippen LogP contribution in [0.2, 0.25) is 0 Å². The molecule has 3 nitrogen and oxygen atoms in total. The molecule has 0 atom stereocenters. The minimum absolute atomic E-state index is 0.00864. The Bertz CT molecular complexity index is 3580. The van der Waals surface area contributed by atoms with Gasteiger partial charge in [0.15, 0.2) is 0 Å². The summed E-state index contributed by atoms with van der Waals surface area (Å²) in [5, 5.41) is 5.13. The van der Waals surface area contributed by atoms with Gasteiger partial charge in [-0.15, -0.1) is 0 Å². The zero-order valence-corrected chi connectivity index (χ0v) is 40.8. The second kappa shape index (κ2) is 15.1. The summed E-state index contributed by atoms with van der Waals surface area (Å²) in [5.74, 6) is 0. The van der Waals surface area contributed by atoms with Crippen molar-refractivity contribution >= 4 is 84.5 Å². The van der Waals surface area contributed by atoms with Gasteiger partial charge in [0.2, 0.25) is 0 Å². The van der Waals surface area contributed by atoms with Gasteiger partial charge in [-0.05, 0) is 145 Å². The van der Waals surface area contributed by atoms with Crippen LogP contribution >= 0.6 is 0 Å². The fraction of sp³-hybridized carbons (Fsp3) is 0.188. The van der Waals surface area contributed by atoms with E-state index >= 15 is 0 Å². The number of rotatable bonds is 5. The topological polar surface area (TPSA) is 11.4 Å². The summed E-state index contributed by atoms with van der Waals surface area (Å²) in [5.41, 5.74) is 21.1. The molecule has 1 aromatic heterocycles. The fourth-order valence-corrected chi connectivity index (χ4v) is 11.2. The highest BCUT2D eigenvalue weighted by Gasteiger charge is 2.45. The van der Waals surface area contributed by atoms with Crippen LogP contribution in [0.4, 0.5) is 34.1 Å². The molecule has 3 heterocycles. The van der Waals surface area contributed by atoms with Crippen molar-refractivity contribution in [2.45, 2.75) is 78.6 Å². The van der Waals surface area contributed by atoms with Crippen molar-refractivity contribution in [3.8, 4) is 22.3 Å². The predicted molar refractivity (Wildman–Crippen MR) is 294 cm³/mol. The number of hydrogen-bond donors (Lipinski definition) is 0. The van der Waals surface area contributed by atoms with Gasteiger partial charge in [0.05, 0.1) is 11.4 Å². The highest BCUT2D eigenvalue weighted by atomic mass is 15.2. The minimum Gasteiger partial charge on any atom is -0.375 e. The van der Waals surface area contributed by atoms with Crippen molar-refractivity contribution in [2.75, 3.05) is 9.80 Å². The van der Waals surface area contributed by atoms with Crippen LogP contribution in [0.15, 0.2) is 188 Å². The second-order valence-electron chi connectivity index (χ2n) is 22.3. The maximum Gasteiger partial charge on any atom is 0.333 e. The molecule has 4 heteroatoms. The average Bonchev–Trinajstić information content (AvgIpc) is 3.66. The van der Waals surface area contributed by atoms with Gasteiger partial charge in [0, 0.05) is 61.1 Å². The van der Waals surface area contributed by atoms with Crippen LogP contribution < -0.4 is 20.7 Å². The van der Waals surface area contributed by atoms with E-state index in [4.69, 9.17) is 0 Å². The van der Waals surface area contributed by atoms with Crippen LogP contribution in [0.25, 0.3) is 54.8 Å². The summed E-state index contributed by atoms with van der Waals surface area (Å²) >= 11 is 0. The maximum atomic E-state index is 2.73. The van der Waals surface area contributed by atoms with E-state index in [1.54, 1.807) is 0 Å². The molecule has 0 fully saturated rings. The standard InChI is InChI=1S/C64H58BN3/c1-62(2,3)43-29-32-56(50(36-43)41-21-13-10-14-22-41)67-58-34-31-48(66(46-24-15-11-16-25-46)47-26-17-12-18-27-47)40-55(58)65-59-52(35-42-23-19-20-28-49(42)61(59)67)54-39-45(64(7,8)9)38-53-51-37-44(63(4,5)6)30-33-57(51)68(65)60(53)54/h10-40H,1-9H3. The van der Waals surface area contributed by atoms with Gasteiger partial charge in [-0.3, -0.25) is 0 Å². The Morgan fingerprint density at radius 1 is 0.412 bits per heavy atom. The lowest BCUT2D eigenvalue weighted by atomic mass is 9.44. The van der Waals surface area contributed by atoms with E-state index in [0.29, 0.717) is 0 Å². The van der Waals surface area contributed by atoms with E-state index in [1.807, 2.05) is 0 Å². The van der Waals surface area contributed by atoms with E-state index in [2.05, 4.69) is 265 Å². The molecule has 9 aromatic carbocycles. The Hall–Kier alpha value is -7.30. The number of para-hydroxylation sites is 2. The second-order valence-corrected chi connectivity index (χ2v) is 22.3. The fourth-order valence-electron chi connectivity index (χ4n) is 11.2. The molecule has 0 saturated heterocycles. The molecule has 332 valence electrons. The molecule has 0 N–H and O–H groups in total. The minimum atomic E-state index is -0.133. The lowest BCUT2D eigenvalue weighted by Gasteiger charge is -2.42. The number of benzene rings is 9. The van der Waals surface area contributed by atoms with Crippen molar-refractivity contribution in [1.29, 1.82) is 0 Å². The molecule has 2 aliphatic heterocycles. The van der Waals surface area contributed by atoms with Gasteiger partial charge in [-0.2, -0.15) is 0 Å². The van der Waals surface area contributed by atoms with E-state index < -0.39 is 0 Å². The summed E-state index contributed by atoms with van der Waals surface area (Å²) in [6.45, 7) is 20.9. The molecule has 0 spiro atoms. The lowest BCUT2D eigenvalue weighted by Crippen LogP contribution is -2.57. The Morgan fingerprint density at radius 3 is 1.63 bits per heavy atom. The monoisotopic (exact) mass is 879 g/mol. The van der Waals surface area contributed by atoms with Gasteiger partial charge < -0.3 is 14.3 Å². The average molecular weight is 880 g/mol. The summed E-state index contributed by atoms with van der Waals surface area (Å²) in [6, 6.07) is 71.2. The van der Waals surface area contributed by atoms with Crippen LogP contribution in [0, 0.1) is 0 Å². The zero-order chi connectivity index (χ0) is 46.9. The van der Waals surface area contributed by atoms with Gasteiger partial charge in [0.1, 0.15) is 0 Å². The molecule has 0 amide bonds. The molecule has 0 unspecified atom stereocenters. The normalized spacial score (nSPS) is 13.3. The smallest absolute Gasteiger partial charge is 0.333 e. The molecule has 2 aliphatic rings. The first kappa shape index (κ1) is 42.1. The molecule has 68 heavy (non-hydrogen) atoms. The van der Waals surface area contributed by atoms with Crippen molar-refractivity contribution < 1.29 is 0 Å². The van der Waals surface area contributed by atoms with Crippen molar-refractivity contribution in [1.82, 2.24) is 4.48 Å². The first-order chi connectivity index (χ1) is 32.6. The zero-order valence-electron chi connectivity index (χ0n) is 40.8. The number of anilines is 6. The van der Waals surface area contributed by atoms with Crippen molar-refractivity contribution in [3.63, 3.8) is 0 Å². The number of hydrogen-bond acceptors (Lipinski definition) is 2. The van der Waals surface area contributed by atoms with E-state index in [9.17, 15) is 0 Å². The number of fused-ring (bicyclic) bond motifs is 9. The third-order valence-corrected chi connectivity index (χ3v) is 14.8. The highest BCUT2D eigenvalue weighted by Crippen LogP contribution is 2.52. The predicted octanol–water partition coefficient (Wildman–Crippen LogP) is 16.4. The van der Waals surface area contributed by atoms with Crippen LogP contribution in [0.1, 0.15) is 79.0 Å². The first-order valence-corrected chi connectivity index (χ1v) is 24.4. The number of nitrogens with zero attached hydrogens (tertiary/aromatic N) is 3. The lowest BCUT2D eigenvalue weighted by molar-refractivity contribution is 0.590. The van der Waals surface area contributed by atoms with Crippen LogP contribution in [-0.4, -0.2) is 11.3 Å². The van der Waals surface area contributed by atoms with Crippen LogP contribution in [-0.2, 0) is 16.2 Å². The molecule has 10 aromatic rings. The Kier molecular flexibility index (Phi) is 9.35. The summed E-state index contributed by atoms with van der Waals surface area (Å²) < 4.78 is 2.73. The SMILES string of the molecule is CC(C)(C)c1ccc(N2c3ccc(N(c4ccccc4)c4ccccc4)cc3B3c4c(cc5ccccc5c42)-c2cc(C(C)(C)C)cc4c5cc(C(C)(C)C)ccc5n3c24)c(-c2ccccc2)c1. The molecule has 12 rings (SSSR count). The third-order valence-electron chi connectivity index (χ3n) is 14.8. The van der Waals surface area contributed by atoms with Crippen molar-refractivity contribution in [2.24, 2.45) is 0 Å². The van der Waals surface area contributed by atoms with Crippen LogP contribution in [0.3, 0.4) is 0 Å². The Balaban J connectivity index is 1.26.